The maximum absolute atomic E-state index is 11.7. The number of nitrogens with zero attached hydrogens (tertiary/aromatic N) is 2. The minimum absolute atomic E-state index is 0.0499. The van der Waals surface area contributed by atoms with Crippen molar-refractivity contribution in [2.45, 2.75) is 12.8 Å². The van der Waals surface area contributed by atoms with E-state index in [0.29, 0.717) is 6.54 Å². The zero-order valence-electron chi connectivity index (χ0n) is 11.8. The quantitative estimate of drug-likeness (QED) is 0.515. The molecular formula is C14H18N2O5. The van der Waals surface area contributed by atoms with Crippen molar-refractivity contribution in [2.75, 3.05) is 31.7 Å². The summed E-state index contributed by atoms with van der Waals surface area (Å²) >= 11 is 0. The summed E-state index contributed by atoms with van der Waals surface area (Å²) in [5.41, 5.74) is 0.423. The van der Waals surface area contributed by atoms with E-state index in [1.54, 1.807) is 6.07 Å². The molecule has 1 fully saturated rings. The van der Waals surface area contributed by atoms with Gasteiger partial charge >= 0.3 is 5.97 Å². The maximum Gasteiger partial charge on any atom is 0.344 e. The number of carbonyl (C=O) groups is 1. The molecule has 0 aromatic heterocycles. The van der Waals surface area contributed by atoms with Crippen LogP contribution in [0.2, 0.25) is 0 Å². The molecule has 21 heavy (non-hydrogen) atoms. The molecule has 1 saturated heterocycles. The lowest BCUT2D eigenvalue weighted by atomic mass is 9.98. The van der Waals surface area contributed by atoms with E-state index in [1.165, 1.54) is 19.2 Å². The summed E-state index contributed by atoms with van der Waals surface area (Å²) in [6.07, 6.45) is 1.90. The van der Waals surface area contributed by atoms with Gasteiger partial charge in [0.25, 0.3) is 5.69 Å². The molecule has 1 unspecified atom stereocenters. The van der Waals surface area contributed by atoms with Gasteiger partial charge in [-0.1, -0.05) is 0 Å². The number of nitro benzene ring substituents is 1. The van der Waals surface area contributed by atoms with Crippen molar-refractivity contribution < 1.29 is 19.6 Å². The van der Waals surface area contributed by atoms with Crippen molar-refractivity contribution in [2.24, 2.45) is 5.92 Å². The number of rotatable bonds is 4. The fraction of sp³-hybridized carbons (Fsp3) is 0.500. The number of esters is 1. The summed E-state index contributed by atoms with van der Waals surface area (Å²) in [7, 11) is 1.20. The van der Waals surface area contributed by atoms with Crippen LogP contribution in [-0.2, 0) is 4.74 Å². The molecule has 1 heterocycles. The summed E-state index contributed by atoms with van der Waals surface area (Å²) in [6, 6.07) is 4.44. The van der Waals surface area contributed by atoms with Crippen LogP contribution in [0.15, 0.2) is 18.2 Å². The predicted molar refractivity (Wildman–Crippen MR) is 76.5 cm³/mol. The topological polar surface area (TPSA) is 92.9 Å². The van der Waals surface area contributed by atoms with Gasteiger partial charge in [-0.3, -0.25) is 10.1 Å². The molecule has 1 aliphatic rings. The van der Waals surface area contributed by atoms with Gasteiger partial charge in [-0.2, -0.15) is 0 Å². The second kappa shape index (κ2) is 6.53. The number of ether oxygens (including phenoxy) is 1. The summed E-state index contributed by atoms with van der Waals surface area (Å²) < 4.78 is 4.61. The number of hydrogen-bond donors (Lipinski definition) is 1. The number of methoxy groups -OCH3 is 1. The van der Waals surface area contributed by atoms with Crippen LogP contribution in [0, 0.1) is 16.0 Å². The van der Waals surface area contributed by atoms with Gasteiger partial charge in [0.2, 0.25) is 0 Å². The minimum atomic E-state index is -0.723. The number of carbonyl (C=O) groups excluding carboxylic acids is 1. The van der Waals surface area contributed by atoms with Gasteiger partial charge in [0.05, 0.1) is 12.0 Å². The molecule has 0 bridgehead atoms. The van der Waals surface area contributed by atoms with Crippen molar-refractivity contribution in [3.8, 4) is 0 Å². The molecule has 7 heteroatoms. The number of piperidine rings is 1. The number of hydrogen-bond acceptors (Lipinski definition) is 6. The minimum Gasteiger partial charge on any atom is -0.465 e. The molecule has 0 spiro atoms. The zero-order chi connectivity index (χ0) is 15.4. The monoisotopic (exact) mass is 294 g/mol. The normalized spacial score (nSPS) is 18.4. The highest BCUT2D eigenvalue weighted by atomic mass is 16.6. The van der Waals surface area contributed by atoms with Crippen LogP contribution in [-0.4, -0.2) is 42.8 Å². The first-order valence-electron chi connectivity index (χ1n) is 6.79. The summed E-state index contributed by atoms with van der Waals surface area (Å²) in [4.78, 5) is 24.1. The standard InChI is InChI=1S/C14H18N2O5/c1-21-14(18)12-7-11(4-5-13(12)16(19)20)15-6-2-3-10(8-15)9-17/h4-5,7,10,17H,2-3,6,8-9H2,1H3. The summed E-state index contributed by atoms with van der Waals surface area (Å²) in [6.45, 7) is 1.59. The Morgan fingerprint density at radius 1 is 1.57 bits per heavy atom. The first kappa shape index (κ1) is 15.2. The molecule has 1 aromatic rings. The molecule has 2 rings (SSSR count). The SMILES string of the molecule is COC(=O)c1cc(N2CCCC(CO)C2)ccc1[N+](=O)[O-]. The van der Waals surface area contributed by atoms with Crippen molar-refractivity contribution in [3.63, 3.8) is 0 Å². The van der Waals surface area contributed by atoms with Crippen LogP contribution < -0.4 is 4.90 Å². The number of anilines is 1. The molecule has 0 amide bonds. The van der Waals surface area contributed by atoms with Crippen LogP contribution in [0.5, 0.6) is 0 Å². The Morgan fingerprint density at radius 3 is 2.95 bits per heavy atom. The van der Waals surface area contributed by atoms with E-state index in [9.17, 15) is 20.0 Å². The van der Waals surface area contributed by atoms with Crippen LogP contribution in [0.1, 0.15) is 23.2 Å². The average molecular weight is 294 g/mol. The second-order valence-electron chi connectivity index (χ2n) is 5.09. The van der Waals surface area contributed by atoms with Crippen LogP contribution in [0.25, 0.3) is 0 Å². The highest BCUT2D eigenvalue weighted by Gasteiger charge is 2.25. The van der Waals surface area contributed by atoms with Crippen molar-refractivity contribution >= 4 is 17.3 Å². The molecule has 1 atom stereocenters. The summed E-state index contributed by atoms with van der Waals surface area (Å²) in [5.74, 6) is -0.533. The first-order chi connectivity index (χ1) is 10.1. The maximum atomic E-state index is 11.7. The Bertz CT molecular complexity index is 546. The van der Waals surface area contributed by atoms with Gasteiger partial charge in [-0.25, -0.2) is 4.79 Å². The molecule has 0 aliphatic carbocycles. The molecule has 1 N–H and O–H groups in total. The lowest BCUT2D eigenvalue weighted by molar-refractivity contribution is -0.385. The lowest BCUT2D eigenvalue weighted by Gasteiger charge is -2.33. The number of benzene rings is 1. The van der Waals surface area contributed by atoms with Crippen LogP contribution in [0.3, 0.4) is 0 Å². The molecule has 0 radical (unpaired) electrons. The average Bonchev–Trinajstić information content (AvgIpc) is 2.53. The highest BCUT2D eigenvalue weighted by molar-refractivity contribution is 5.95. The van der Waals surface area contributed by atoms with Gasteiger partial charge in [-0.15, -0.1) is 0 Å². The fourth-order valence-electron chi connectivity index (χ4n) is 2.60. The molecule has 114 valence electrons. The largest absolute Gasteiger partial charge is 0.465 e. The second-order valence-corrected chi connectivity index (χ2v) is 5.09. The number of nitro groups is 1. The first-order valence-corrected chi connectivity index (χ1v) is 6.79. The fourth-order valence-corrected chi connectivity index (χ4v) is 2.60. The Hall–Kier alpha value is -2.15. The molecule has 0 saturated carbocycles. The third-order valence-electron chi connectivity index (χ3n) is 3.72. The predicted octanol–water partition coefficient (Wildman–Crippen LogP) is 1.59. The van der Waals surface area contributed by atoms with Crippen molar-refractivity contribution in [1.82, 2.24) is 0 Å². The van der Waals surface area contributed by atoms with Crippen molar-refractivity contribution in [1.29, 1.82) is 0 Å². The molecular weight excluding hydrogens is 276 g/mol. The van der Waals surface area contributed by atoms with Crippen LogP contribution >= 0.6 is 0 Å². The summed E-state index contributed by atoms with van der Waals surface area (Å²) in [5, 5.41) is 20.2. The van der Waals surface area contributed by atoms with E-state index in [2.05, 4.69) is 4.74 Å². The van der Waals surface area contributed by atoms with E-state index in [4.69, 9.17) is 0 Å². The van der Waals surface area contributed by atoms with E-state index < -0.39 is 10.9 Å². The van der Waals surface area contributed by atoms with Gasteiger partial charge in [-0.05, 0) is 30.9 Å². The van der Waals surface area contributed by atoms with E-state index in [1.807, 2.05) is 4.90 Å². The third kappa shape index (κ3) is 3.30. The van der Waals surface area contributed by atoms with Gasteiger partial charge in [0.1, 0.15) is 5.56 Å². The number of aliphatic hydroxyl groups is 1. The van der Waals surface area contributed by atoms with E-state index in [-0.39, 0.29) is 23.8 Å². The Labute approximate surface area is 122 Å². The van der Waals surface area contributed by atoms with Crippen LogP contribution in [0.4, 0.5) is 11.4 Å². The smallest absolute Gasteiger partial charge is 0.344 e. The van der Waals surface area contributed by atoms with Gasteiger partial charge in [0, 0.05) is 31.5 Å². The Balaban J connectivity index is 2.33. The Kier molecular flexibility index (Phi) is 4.74. The molecule has 1 aromatic carbocycles. The molecule has 1 aliphatic heterocycles. The van der Waals surface area contributed by atoms with Gasteiger partial charge in [0.15, 0.2) is 0 Å². The van der Waals surface area contributed by atoms with Gasteiger partial charge < -0.3 is 14.7 Å². The van der Waals surface area contributed by atoms with E-state index >= 15 is 0 Å². The zero-order valence-corrected chi connectivity index (χ0v) is 11.8. The van der Waals surface area contributed by atoms with Crippen molar-refractivity contribution in [3.05, 3.63) is 33.9 Å². The Morgan fingerprint density at radius 2 is 2.33 bits per heavy atom. The lowest BCUT2D eigenvalue weighted by Crippen LogP contribution is -2.36. The molecule has 7 nitrogen and oxygen atoms in total. The van der Waals surface area contributed by atoms with E-state index in [0.717, 1.165) is 25.1 Å². The number of aliphatic hydroxyl groups excluding tert-OH is 1. The highest BCUT2D eigenvalue weighted by Crippen LogP contribution is 2.28. The third-order valence-corrected chi connectivity index (χ3v) is 3.72.